The SMILES string of the molecule is CC(C)CNC(=O)CCNc1nc(NN)nc2[nH]ncc12. The Labute approximate surface area is 122 Å². The molecule has 0 fully saturated rings. The lowest BCUT2D eigenvalue weighted by Crippen LogP contribution is -2.28. The fourth-order valence-electron chi connectivity index (χ4n) is 1.73. The largest absolute Gasteiger partial charge is 0.369 e. The number of carbonyl (C=O) groups excluding carboxylic acids is 1. The van der Waals surface area contributed by atoms with Gasteiger partial charge in [-0.25, -0.2) is 5.84 Å². The zero-order valence-corrected chi connectivity index (χ0v) is 12.1. The van der Waals surface area contributed by atoms with E-state index in [1.54, 1.807) is 6.20 Å². The van der Waals surface area contributed by atoms with E-state index < -0.39 is 0 Å². The van der Waals surface area contributed by atoms with Crippen LogP contribution in [-0.2, 0) is 4.79 Å². The van der Waals surface area contributed by atoms with Crippen LogP contribution >= 0.6 is 0 Å². The van der Waals surface area contributed by atoms with E-state index in [1.165, 1.54) is 0 Å². The Hall–Kier alpha value is -2.42. The van der Waals surface area contributed by atoms with E-state index in [4.69, 9.17) is 5.84 Å². The minimum absolute atomic E-state index is 0.00543. The van der Waals surface area contributed by atoms with Crippen LogP contribution in [0.1, 0.15) is 20.3 Å². The predicted molar refractivity (Wildman–Crippen MR) is 80.4 cm³/mol. The van der Waals surface area contributed by atoms with Gasteiger partial charge in [0.2, 0.25) is 11.9 Å². The maximum absolute atomic E-state index is 11.6. The Balaban J connectivity index is 1.94. The number of nitrogen functional groups attached to an aromatic ring is 1. The van der Waals surface area contributed by atoms with Gasteiger partial charge in [-0.15, -0.1) is 0 Å². The molecule has 2 aromatic heterocycles. The summed E-state index contributed by atoms with van der Waals surface area (Å²) >= 11 is 0. The van der Waals surface area contributed by atoms with Crippen molar-refractivity contribution in [2.45, 2.75) is 20.3 Å². The first-order valence-electron chi connectivity index (χ1n) is 6.78. The molecular formula is C12H20N8O. The molecule has 114 valence electrons. The summed E-state index contributed by atoms with van der Waals surface area (Å²) in [5, 5.41) is 13.4. The van der Waals surface area contributed by atoms with Crippen LogP contribution in [0.4, 0.5) is 11.8 Å². The molecule has 0 aliphatic carbocycles. The monoisotopic (exact) mass is 292 g/mol. The summed E-state index contributed by atoms with van der Waals surface area (Å²) in [5.41, 5.74) is 2.97. The maximum Gasteiger partial charge on any atom is 0.241 e. The smallest absolute Gasteiger partial charge is 0.241 e. The van der Waals surface area contributed by atoms with Gasteiger partial charge >= 0.3 is 0 Å². The topological polar surface area (TPSA) is 134 Å². The van der Waals surface area contributed by atoms with E-state index in [9.17, 15) is 4.79 Å². The Morgan fingerprint density at radius 2 is 2.24 bits per heavy atom. The first-order valence-corrected chi connectivity index (χ1v) is 6.78. The van der Waals surface area contributed by atoms with Crippen molar-refractivity contribution >= 4 is 28.7 Å². The first kappa shape index (κ1) is 15.0. The van der Waals surface area contributed by atoms with E-state index in [0.717, 1.165) is 5.39 Å². The highest BCUT2D eigenvalue weighted by molar-refractivity contribution is 5.87. The Morgan fingerprint density at radius 1 is 1.43 bits per heavy atom. The normalized spacial score (nSPS) is 10.9. The summed E-state index contributed by atoms with van der Waals surface area (Å²) in [5.74, 6) is 6.62. The number of nitrogens with one attached hydrogen (secondary N) is 4. The molecule has 0 spiro atoms. The van der Waals surface area contributed by atoms with Crippen molar-refractivity contribution in [2.75, 3.05) is 23.8 Å². The number of H-pyrrole nitrogens is 1. The summed E-state index contributed by atoms with van der Waals surface area (Å²) in [7, 11) is 0. The molecule has 2 heterocycles. The number of nitrogens with two attached hydrogens (primary N) is 1. The van der Waals surface area contributed by atoms with Crippen LogP contribution in [0.2, 0.25) is 0 Å². The molecule has 1 amide bonds. The lowest BCUT2D eigenvalue weighted by Gasteiger charge is -2.09. The quantitative estimate of drug-likeness (QED) is 0.364. The van der Waals surface area contributed by atoms with Gasteiger partial charge in [0.15, 0.2) is 5.65 Å². The van der Waals surface area contributed by atoms with Crippen LogP contribution < -0.4 is 21.9 Å². The van der Waals surface area contributed by atoms with E-state index in [-0.39, 0.29) is 11.9 Å². The van der Waals surface area contributed by atoms with E-state index in [0.29, 0.717) is 36.9 Å². The number of rotatable bonds is 7. The summed E-state index contributed by atoms with van der Waals surface area (Å²) < 4.78 is 0. The van der Waals surface area contributed by atoms with Crippen molar-refractivity contribution in [3.05, 3.63) is 6.20 Å². The molecule has 2 rings (SSSR count). The van der Waals surface area contributed by atoms with E-state index in [1.807, 2.05) is 0 Å². The van der Waals surface area contributed by atoms with Gasteiger partial charge in [-0.3, -0.25) is 15.3 Å². The lowest BCUT2D eigenvalue weighted by atomic mass is 10.2. The van der Waals surface area contributed by atoms with Gasteiger partial charge in [-0.2, -0.15) is 15.1 Å². The van der Waals surface area contributed by atoms with Gasteiger partial charge in [-0.1, -0.05) is 13.8 Å². The van der Waals surface area contributed by atoms with Gasteiger partial charge in [0.25, 0.3) is 0 Å². The summed E-state index contributed by atoms with van der Waals surface area (Å²) in [4.78, 5) is 20.0. The van der Waals surface area contributed by atoms with Crippen LogP contribution in [0.15, 0.2) is 6.20 Å². The third kappa shape index (κ3) is 4.02. The van der Waals surface area contributed by atoms with E-state index >= 15 is 0 Å². The molecule has 0 saturated heterocycles. The zero-order chi connectivity index (χ0) is 15.2. The van der Waals surface area contributed by atoms with Gasteiger partial charge in [0.1, 0.15) is 5.82 Å². The number of hydrogen-bond donors (Lipinski definition) is 5. The van der Waals surface area contributed by atoms with Crippen molar-refractivity contribution in [3.63, 3.8) is 0 Å². The number of hydrazine groups is 1. The third-order valence-electron chi connectivity index (χ3n) is 2.79. The first-order chi connectivity index (χ1) is 10.1. The number of aromatic amines is 1. The highest BCUT2D eigenvalue weighted by Gasteiger charge is 2.09. The van der Waals surface area contributed by atoms with Crippen LogP contribution in [0.5, 0.6) is 0 Å². The molecule has 0 unspecified atom stereocenters. The molecule has 0 radical (unpaired) electrons. The minimum atomic E-state index is 0.00543. The number of anilines is 2. The van der Waals surface area contributed by atoms with Crippen LogP contribution in [-0.4, -0.2) is 39.2 Å². The second-order valence-electron chi connectivity index (χ2n) is 5.05. The molecule has 6 N–H and O–H groups in total. The molecule has 0 aliphatic rings. The summed E-state index contributed by atoms with van der Waals surface area (Å²) in [6.07, 6.45) is 1.98. The Kier molecular flexibility index (Phi) is 4.88. The van der Waals surface area contributed by atoms with Crippen molar-refractivity contribution in [3.8, 4) is 0 Å². The molecular weight excluding hydrogens is 272 g/mol. The van der Waals surface area contributed by atoms with Gasteiger partial charge in [-0.05, 0) is 5.92 Å². The molecule has 0 aliphatic heterocycles. The van der Waals surface area contributed by atoms with Crippen LogP contribution in [0, 0.1) is 5.92 Å². The molecule has 2 aromatic rings. The standard InChI is InChI=1S/C12H20N8O/c1-7(2)5-15-9(21)3-4-14-10-8-6-16-20-11(8)18-12(17-10)19-13/h6-7H,3-5,13H2,1-2H3,(H,15,21)(H3,14,16,17,18,19,20). The fourth-order valence-corrected chi connectivity index (χ4v) is 1.73. The van der Waals surface area contributed by atoms with Crippen molar-refractivity contribution in [1.82, 2.24) is 25.5 Å². The van der Waals surface area contributed by atoms with E-state index in [2.05, 4.69) is 50.1 Å². The number of hydrogen-bond acceptors (Lipinski definition) is 7. The van der Waals surface area contributed by atoms with Crippen molar-refractivity contribution in [2.24, 2.45) is 11.8 Å². The number of amides is 1. The van der Waals surface area contributed by atoms with Crippen molar-refractivity contribution < 1.29 is 4.79 Å². The molecule has 9 heteroatoms. The third-order valence-corrected chi connectivity index (χ3v) is 2.79. The van der Waals surface area contributed by atoms with Crippen LogP contribution in [0.25, 0.3) is 11.0 Å². The maximum atomic E-state index is 11.6. The molecule has 0 bridgehead atoms. The van der Waals surface area contributed by atoms with Gasteiger partial charge in [0.05, 0.1) is 11.6 Å². The number of aromatic nitrogens is 4. The molecule has 0 atom stereocenters. The number of nitrogens with zero attached hydrogens (tertiary/aromatic N) is 3. The van der Waals surface area contributed by atoms with Crippen LogP contribution in [0.3, 0.4) is 0 Å². The Morgan fingerprint density at radius 3 is 2.95 bits per heavy atom. The molecule has 21 heavy (non-hydrogen) atoms. The van der Waals surface area contributed by atoms with Crippen molar-refractivity contribution in [1.29, 1.82) is 0 Å². The molecule has 0 saturated carbocycles. The predicted octanol–water partition coefficient (Wildman–Crippen LogP) is 0.213. The Bertz CT molecular complexity index is 608. The average Bonchev–Trinajstić information content (AvgIpc) is 2.93. The molecule has 0 aromatic carbocycles. The highest BCUT2D eigenvalue weighted by atomic mass is 16.1. The van der Waals surface area contributed by atoms with Gasteiger partial charge in [0, 0.05) is 19.5 Å². The summed E-state index contributed by atoms with van der Waals surface area (Å²) in [6, 6.07) is 0. The zero-order valence-electron chi connectivity index (χ0n) is 12.1. The minimum Gasteiger partial charge on any atom is -0.369 e. The average molecular weight is 292 g/mol. The fraction of sp³-hybridized carbons (Fsp3) is 0.500. The number of carbonyl (C=O) groups is 1. The molecule has 9 nitrogen and oxygen atoms in total. The summed E-state index contributed by atoms with van der Waals surface area (Å²) in [6.45, 7) is 5.25. The lowest BCUT2D eigenvalue weighted by molar-refractivity contribution is -0.120. The number of fused-ring (bicyclic) bond motifs is 1. The second kappa shape index (κ2) is 6.84. The highest BCUT2D eigenvalue weighted by Crippen LogP contribution is 2.19. The van der Waals surface area contributed by atoms with Gasteiger partial charge < -0.3 is 10.6 Å². The second-order valence-corrected chi connectivity index (χ2v) is 5.05.